The molecule has 0 aromatic carbocycles. The van der Waals surface area contributed by atoms with Gasteiger partial charge in [0, 0.05) is 6.61 Å². The SMILES string of the molecule is CC(O)C(C)(C)C(C)(C)CO. The molecule has 1 unspecified atom stereocenters. The van der Waals surface area contributed by atoms with E-state index in [0.29, 0.717) is 0 Å². The lowest BCUT2D eigenvalue weighted by Gasteiger charge is -2.42. The van der Waals surface area contributed by atoms with Gasteiger partial charge in [-0.1, -0.05) is 27.7 Å². The fourth-order valence-electron chi connectivity index (χ4n) is 0.769. The number of aliphatic hydroxyl groups is 2. The molecule has 1 atom stereocenters. The van der Waals surface area contributed by atoms with E-state index < -0.39 is 6.10 Å². The van der Waals surface area contributed by atoms with E-state index in [4.69, 9.17) is 5.11 Å². The van der Waals surface area contributed by atoms with Gasteiger partial charge in [0.15, 0.2) is 0 Å². The van der Waals surface area contributed by atoms with E-state index in [1.165, 1.54) is 0 Å². The molecular formula is C9H20O2. The van der Waals surface area contributed by atoms with Gasteiger partial charge < -0.3 is 10.2 Å². The number of aliphatic hydroxyl groups excluding tert-OH is 2. The molecule has 0 rings (SSSR count). The summed E-state index contributed by atoms with van der Waals surface area (Å²) in [5, 5.41) is 18.5. The molecule has 0 aliphatic carbocycles. The molecule has 0 aliphatic rings. The van der Waals surface area contributed by atoms with Gasteiger partial charge in [-0.25, -0.2) is 0 Å². The Kier molecular flexibility index (Phi) is 3.09. The van der Waals surface area contributed by atoms with Crippen LogP contribution in [0.1, 0.15) is 34.6 Å². The van der Waals surface area contributed by atoms with Gasteiger partial charge in [-0.3, -0.25) is 0 Å². The second kappa shape index (κ2) is 3.11. The van der Waals surface area contributed by atoms with E-state index in [9.17, 15) is 5.11 Å². The maximum Gasteiger partial charge on any atom is 0.0568 e. The summed E-state index contributed by atoms with van der Waals surface area (Å²) in [6.45, 7) is 9.71. The lowest BCUT2D eigenvalue weighted by atomic mass is 9.65. The highest BCUT2D eigenvalue weighted by Crippen LogP contribution is 2.40. The van der Waals surface area contributed by atoms with Crippen LogP contribution in [0.4, 0.5) is 0 Å². The molecule has 2 nitrogen and oxygen atoms in total. The lowest BCUT2D eigenvalue weighted by molar-refractivity contribution is -0.0522. The van der Waals surface area contributed by atoms with Crippen LogP contribution in [0.25, 0.3) is 0 Å². The third-order valence-corrected chi connectivity index (χ3v) is 3.18. The molecule has 11 heavy (non-hydrogen) atoms. The zero-order valence-corrected chi connectivity index (χ0v) is 8.18. The fraction of sp³-hybridized carbons (Fsp3) is 1.00. The normalized spacial score (nSPS) is 16.6. The van der Waals surface area contributed by atoms with E-state index in [1.807, 2.05) is 27.7 Å². The van der Waals surface area contributed by atoms with Gasteiger partial charge in [-0.2, -0.15) is 0 Å². The standard InChI is InChI=1S/C9H20O2/c1-7(11)9(4,5)8(2,3)6-10/h7,10-11H,6H2,1-5H3. The van der Waals surface area contributed by atoms with E-state index in [1.54, 1.807) is 6.92 Å². The molecule has 0 fully saturated rings. The number of hydrogen-bond acceptors (Lipinski definition) is 2. The van der Waals surface area contributed by atoms with Crippen molar-refractivity contribution >= 4 is 0 Å². The minimum absolute atomic E-state index is 0.102. The monoisotopic (exact) mass is 160 g/mol. The van der Waals surface area contributed by atoms with Crippen molar-refractivity contribution in [2.45, 2.75) is 40.7 Å². The predicted octanol–water partition coefficient (Wildman–Crippen LogP) is 1.41. The van der Waals surface area contributed by atoms with Crippen molar-refractivity contribution in [3.8, 4) is 0 Å². The Balaban J connectivity index is 4.53. The largest absolute Gasteiger partial charge is 0.396 e. The van der Waals surface area contributed by atoms with E-state index >= 15 is 0 Å². The van der Waals surface area contributed by atoms with E-state index in [-0.39, 0.29) is 17.4 Å². The summed E-state index contributed by atoms with van der Waals surface area (Å²) in [5.41, 5.74) is -0.483. The quantitative estimate of drug-likeness (QED) is 0.655. The molecule has 2 N–H and O–H groups in total. The molecule has 0 spiro atoms. The van der Waals surface area contributed by atoms with Gasteiger partial charge in [0.05, 0.1) is 6.10 Å². The minimum atomic E-state index is -0.398. The van der Waals surface area contributed by atoms with Gasteiger partial charge in [0.1, 0.15) is 0 Å². The first-order valence-electron chi connectivity index (χ1n) is 4.04. The molecule has 0 saturated heterocycles. The molecule has 0 radical (unpaired) electrons. The number of hydrogen-bond donors (Lipinski definition) is 2. The molecule has 0 bridgehead atoms. The molecule has 0 saturated carbocycles. The highest BCUT2D eigenvalue weighted by molar-refractivity contribution is 4.89. The number of rotatable bonds is 3. The molecule has 0 aliphatic heterocycles. The van der Waals surface area contributed by atoms with Gasteiger partial charge in [-0.15, -0.1) is 0 Å². The lowest BCUT2D eigenvalue weighted by Crippen LogP contribution is -2.43. The summed E-state index contributed by atoms with van der Waals surface area (Å²) in [5.74, 6) is 0. The van der Waals surface area contributed by atoms with Crippen molar-refractivity contribution in [1.29, 1.82) is 0 Å². The summed E-state index contributed by atoms with van der Waals surface area (Å²) >= 11 is 0. The highest BCUT2D eigenvalue weighted by atomic mass is 16.3. The molecule has 2 heteroatoms. The molecule has 0 amide bonds. The van der Waals surface area contributed by atoms with Crippen molar-refractivity contribution in [1.82, 2.24) is 0 Å². The van der Waals surface area contributed by atoms with Crippen molar-refractivity contribution in [2.75, 3.05) is 6.61 Å². The summed E-state index contributed by atoms with van der Waals surface area (Å²) < 4.78 is 0. The Hall–Kier alpha value is -0.0800. The zero-order chi connectivity index (χ0) is 9.28. The second-order valence-corrected chi connectivity index (χ2v) is 4.44. The van der Waals surface area contributed by atoms with Crippen LogP contribution >= 0.6 is 0 Å². The Morgan fingerprint density at radius 2 is 1.55 bits per heavy atom. The van der Waals surface area contributed by atoms with Crippen molar-refractivity contribution in [3.63, 3.8) is 0 Å². The Morgan fingerprint density at radius 3 is 1.64 bits per heavy atom. The fourth-order valence-corrected chi connectivity index (χ4v) is 0.769. The van der Waals surface area contributed by atoms with Crippen LogP contribution in [0.15, 0.2) is 0 Å². The van der Waals surface area contributed by atoms with Crippen molar-refractivity contribution in [3.05, 3.63) is 0 Å². The topological polar surface area (TPSA) is 40.5 Å². The first kappa shape index (κ1) is 10.9. The Morgan fingerprint density at radius 1 is 1.18 bits per heavy atom. The van der Waals surface area contributed by atoms with Gasteiger partial charge >= 0.3 is 0 Å². The van der Waals surface area contributed by atoms with E-state index in [2.05, 4.69) is 0 Å². The van der Waals surface area contributed by atoms with Crippen LogP contribution in [-0.2, 0) is 0 Å². The van der Waals surface area contributed by atoms with Crippen LogP contribution in [-0.4, -0.2) is 22.9 Å². The van der Waals surface area contributed by atoms with Crippen LogP contribution in [0.5, 0.6) is 0 Å². The van der Waals surface area contributed by atoms with Gasteiger partial charge in [-0.05, 0) is 17.8 Å². The van der Waals surface area contributed by atoms with Crippen LogP contribution in [0.2, 0.25) is 0 Å². The summed E-state index contributed by atoms with van der Waals surface area (Å²) in [6.07, 6.45) is -0.398. The maximum absolute atomic E-state index is 9.44. The van der Waals surface area contributed by atoms with Gasteiger partial charge in [0.25, 0.3) is 0 Å². The van der Waals surface area contributed by atoms with Crippen LogP contribution in [0.3, 0.4) is 0 Å². The smallest absolute Gasteiger partial charge is 0.0568 e. The first-order valence-corrected chi connectivity index (χ1v) is 4.04. The average molecular weight is 160 g/mol. The summed E-state index contributed by atoms with van der Waals surface area (Å²) in [4.78, 5) is 0. The van der Waals surface area contributed by atoms with E-state index in [0.717, 1.165) is 0 Å². The van der Waals surface area contributed by atoms with Gasteiger partial charge in [0.2, 0.25) is 0 Å². The zero-order valence-electron chi connectivity index (χ0n) is 8.18. The van der Waals surface area contributed by atoms with Crippen molar-refractivity contribution < 1.29 is 10.2 Å². The molecule has 0 aromatic rings. The summed E-state index contributed by atoms with van der Waals surface area (Å²) in [7, 11) is 0. The minimum Gasteiger partial charge on any atom is -0.396 e. The van der Waals surface area contributed by atoms with Crippen LogP contribution in [0, 0.1) is 10.8 Å². The molecule has 0 heterocycles. The van der Waals surface area contributed by atoms with Crippen molar-refractivity contribution in [2.24, 2.45) is 10.8 Å². The second-order valence-electron chi connectivity index (χ2n) is 4.44. The highest BCUT2D eigenvalue weighted by Gasteiger charge is 2.39. The third-order valence-electron chi connectivity index (χ3n) is 3.18. The third kappa shape index (κ3) is 1.94. The summed E-state index contributed by atoms with van der Waals surface area (Å²) in [6, 6.07) is 0. The first-order chi connectivity index (χ1) is 4.75. The van der Waals surface area contributed by atoms with Crippen LogP contribution < -0.4 is 0 Å². The Bertz CT molecular complexity index is 126. The predicted molar refractivity (Wildman–Crippen MR) is 46.3 cm³/mol. The maximum atomic E-state index is 9.44. The molecule has 68 valence electrons. The average Bonchev–Trinajstić information content (AvgIpc) is 1.87. The molecular weight excluding hydrogens is 140 g/mol. The Labute approximate surface area is 69.2 Å². The molecule has 0 aromatic heterocycles.